The first-order valence-electron chi connectivity index (χ1n) is 10.4. The number of hydrogen-bond donors (Lipinski definition) is 0. The number of likely N-dealkylation sites (N-methyl/N-ethyl adjacent to an activating group) is 1. The molecule has 0 N–H and O–H groups in total. The highest BCUT2D eigenvalue weighted by Crippen LogP contribution is 2.48. The van der Waals surface area contributed by atoms with Gasteiger partial charge in [0.15, 0.2) is 0 Å². The molecule has 0 bridgehead atoms. The van der Waals surface area contributed by atoms with Crippen LogP contribution in [0.15, 0.2) is 42.5 Å². The predicted molar refractivity (Wildman–Crippen MR) is 117 cm³/mol. The molecular formula is C24H32ClNO2. The quantitative estimate of drug-likeness (QED) is 0.601. The minimum Gasteiger partial charge on any atom is -0.496 e. The van der Waals surface area contributed by atoms with Crippen LogP contribution >= 0.6 is 12.4 Å². The minimum atomic E-state index is 0. The molecule has 2 aliphatic rings. The minimum absolute atomic E-state index is 0. The first-order chi connectivity index (χ1) is 13.3. The van der Waals surface area contributed by atoms with Crippen LogP contribution in [0.1, 0.15) is 42.4 Å². The van der Waals surface area contributed by atoms with Gasteiger partial charge in [0.1, 0.15) is 11.5 Å². The van der Waals surface area contributed by atoms with E-state index in [0.29, 0.717) is 5.92 Å². The second-order valence-corrected chi connectivity index (χ2v) is 7.85. The summed E-state index contributed by atoms with van der Waals surface area (Å²) in [6.07, 6.45) is 4.48. The van der Waals surface area contributed by atoms with Gasteiger partial charge in [0, 0.05) is 30.1 Å². The topological polar surface area (TPSA) is 21.7 Å². The van der Waals surface area contributed by atoms with Gasteiger partial charge in [-0.2, -0.15) is 0 Å². The van der Waals surface area contributed by atoms with Gasteiger partial charge >= 0.3 is 0 Å². The van der Waals surface area contributed by atoms with Crippen molar-refractivity contribution in [1.29, 1.82) is 0 Å². The fraction of sp³-hybridized carbons (Fsp3) is 0.500. The Morgan fingerprint density at radius 3 is 2.57 bits per heavy atom. The maximum absolute atomic E-state index is 6.33. The van der Waals surface area contributed by atoms with E-state index in [0.717, 1.165) is 56.4 Å². The number of hydrogen-bond acceptors (Lipinski definition) is 3. The lowest BCUT2D eigenvalue weighted by atomic mass is 9.76. The summed E-state index contributed by atoms with van der Waals surface area (Å²) in [4.78, 5) is 2.59. The third kappa shape index (κ3) is 4.31. The van der Waals surface area contributed by atoms with E-state index in [9.17, 15) is 0 Å². The molecule has 0 spiro atoms. The molecule has 4 heteroatoms. The van der Waals surface area contributed by atoms with Crippen LogP contribution in [0.5, 0.6) is 11.5 Å². The Balaban J connectivity index is 0.00000225. The van der Waals surface area contributed by atoms with E-state index < -0.39 is 0 Å². The molecule has 2 aromatic rings. The van der Waals surface area contributed by atoms with Crippen molar-refractivity contribution in [1.82, 2.24) is 4.90 Å². The summed E-state index contributed by atoms with van der Waals surface area (Å²) >= 11 is 0. The SMILES string of the molecule is CCN1CC2CCc3c(OC)ccc(OCCCc4ccccc4)c3C2C1.Cl. The molecule has 0 amide bonds. The fourth-order valence-corrected chi connectivity index (χ4v) is 4.88. The third-order valence-electron chi connectivity index (χ3n) is 6.30. The first kappa shape index (κ1) is 21.0. The van der Waals surface area contributed by atoms with Crippen LogP contribution in [-0.4, -0.2) is 38.3 Å². The zero-order chi connectivity index (χ0) is 18.6. The number of nitrogens with zero attached hydrogens (tertiary/aromatic N) is 1. The third-order valence-corrected chi connectivity index (χ3v) is 6.30. The van der Waals surface area contributed by atoms with Gasteiger partial charge in [-0.25, -0.2) is 0 Å². The normalized spacial score (nSPS) is 20.8. The van der Waals surface area contributed by atoms with Gasteiger partial charge in [0.05, 0.1) is 13.7 Å². The maximum atomic E-state index is 6.33. The molecule has 2 atom stereocenters. The van der Waals surface area contributed by atoms with Crippen molar-refractivity contribution in [3.8, 4) is 11.5 Å². The highest BCUT2D eigenvalue weighted by Gasteiger charge is 2.39. The number of likely N-dealkylation sites (tertiary alicyclic amines) is 1. The molecule has 1 saturated heterocycles. The number of aryl methyl sites for hydroxylation is 1. The van der Waals surface area contributed by atoms with Crippen molar-refractivity contribution < 1.29 is 9.47 Å². The van der Waals surface area contributed by atoms with Crippen LogP contribution < -0.4 is 9.47 Å². The monoisotopic (exact) mass is 401 g/mol. The van der Waals surface area contributed by atoms with Crippen molar-refractivity contribution in [2.75, 3.05) is 33.4 Å². The number of ether oxygens (including phenoxy) is 2. The Bertz CT molecular complexity index is 765. The van der Waals surface area contributed by atoms with Crippen LogP contribution in [0.3, 0.4) is 0 Å². The predicted octanol–water partition coefficient (Wildman–Crippen LogP) is 5.11. The highest BCUT2D eigenvalue weighted by atomic mass is 35.5. The van der Waals surface area contributed by atoms with Crippen LogP contribution in [0.4, 0.5) is 0 Å². The Kier molecular flexibility index (Phi) is 7.25. The smallest absolute Gasteiger partial charge is 0.123 e. The van der Waals surface area contributed by atoms with E-state index >= 15 is 0 Å². The van der Waals surface area contributed by atoms with Crippen molar-refractivity contribution in [3.63, 3.8) is 0 Å². The standard InChI is InChI=1S/C24H31NO2.ClH/c1-3-25-16-19-11-12-20-22(26-2)13-14-23(24(20)21(19)17-25)27-15-7-10-18-8-5-4-6-9-18;/h4-6,8-9,13-14,19,21H,3,7,10-12,15-17H2,1-2H3;1H. The number of methoxy groups -OCH3 is 1. The van der Waals surface area contributed by atoms with Gasteiger partial charge in [-0.05, 0) is 55.8 Å². The summed E-state index contributed by atoms with van der Waals surface area (Å²) in [6, 6.07) is 14.9. The molecule has 2 unspecified atom stereocenters. The molecule has 0 radical (unpaired) electrons. The zero-order valence-corrected chi connectivity index (χ0v) is 17.8. The Labute approximate surface area is 175 Å². The van der Waals surface area contributed by atoms with Crippen molar-refractivity contribution >= 4 is 12.4 Å². The lowest BCUT2D eigenvalue weighted by Gasteiger charge is -2.30. The van der Waals surface area contributed by atoms with E-state index in [1.54, 1.807) is 7.11 Å². The van der Waals surface area contributed by atoms with Crippen LogP contribution in [0, 0.1) is 5.92 Å². The number of rotatable bonds is 7. The second-order valence-electron chi connectivity index (χ2n) is 7.85. The van der Waals surface area contributed by atoms with E-state index in [4.69, 9.17) is 9.47 Å². The number of benzene rings is 2. The van der Waals surface area contributed by atoms with Gasteiger partial charge in [-0.1, -0.05) is 37.3 Å². The molecular weight excluding hydrogens is 370 g/mol. The summed E-state index contributed by atoms with van der Waals surface area (Å²) in [5.74, 6) is 3.48. The van der Waals surface area contributed by atoms with Gasteiger partial charge in [0.25, 0.3) is 0 Å². The molecule has 1 heterocycles. The second kappa shape index (κ2) is 9.67. The highest BCUT2D eigenvalue weighted by molar-refractivity contribution is 5.85. The molecule has 2 aromatic carbocycles. The van der Waals surface area contributed by atoms with Gasteiger partial charge in [-0.15, -0.1) is 12.4 Å². The average Bonchev–Trinajstić information content (AvgIpc) is 3.15. The van der Waals surface area contributed by atoms with Crippen LogP contribution in [0.2, 0.25) is 0 Å². The molecule has 3 nitrogen and oxygen atoms in total. The Morgan fingerprint density at radius 2 is 1.82 bits per heavy atom. The van der Waals surface area contributed by atoms with Gasteiger partial charge in [-0.3, -0.25) is 0 Å². The lowest BCUT2D eigenvalue weighted by molar-refractivity contribution is 0.298. The zero-order valence-electron chi connectivity index (χ0n) is 17.0. The van der Waals surface area contributed by atoms with Gasteiger partial charge < -0.3 is 14.4 Å². The average molecular weight is 402 g/mol. The Morgan fingerprint density at radius 1 is 1.04 bits per heavy atom. The summed E-state index contributed by atoms with van der Waals surface area (Å²) < 4.78 is 12.0. The number of halogens is 1. The molecule has 4 rings (SSSR count). The molecule has 1 fully saturated rings. The summed E-state index contributed by atoms with van der Waals surface area (Å²) in [5, 5.41) is 0. The molecule has 28 heavy (non-hydrogen) atoms. The van der Waals surface area contributed by atoms with Crippen LogP contribution in [-0.2, 0) is 12.8 Å². The van der Waals surface area contributed by atoms with Crippen molar-refractivity contribution in [2.24, 2.45) is 5.92 Å². The van der Waals surface area contributed by atoms with E-state index in [1.807, 2.05) is 0 Å². The lowest BCUT2D eigenvalue weighted by Crippen LogP contribution is -2.21. The van der Waals surface area contributed by atoms with Gasteiger partial charge in [0.2, 0.25) is 0 Å². The largest absolute Gasteiger partial charge is 0.496 e. The summed E-state index contributed by atoms with van der Waals surface area (Å²) in [5.41, 5.74) is 4.20. The fourth-order valence-electron chi connectivity index (χ4n) is 4.88. The van der Waals surface area contributed by atoms with E-state index in [2.05, 4.69) is 54.3 Å². The van der Waals surface area contributed by atoms with Crippen molar-refractivity contribution in [2.45, 2.75) is 38.5 Å². The van der Waals surface area contributed by atoms with E-state index in [-0.39, 0.29) is 12.4 Å². The molecule has 0 aromatic heterocycles. The molecule has 0 saturated carbocycles. The molecule has 1 aliphatic carbocycles. The summed E-state index contributed by atoms with van der Waals surface area (Å²) in [6.45, 7) is 6.56. The molecule has 152 valence electrons. The first-order valence-corrected chi connectivity index (χ1v) is 10.4. The van der Waals surface area contributed by atoms with E-state index in [1.165, 1.54) is 29.7 Å². The molecule has 1 aliphatic heterocycles. The van der Waals surface area contributed by atoms with Crippen LogP contribution in [0.25, 0.3) is 0 Å². The Hall–Kier alpha value is -1.71. The van der Waals surface area contributed by atoms with Crippen molar-refractivity contribution in [3.05, 3.63) is 59.2 Å². The number of fused-ring (bicyclic) bond motifs is 3. The maximum Gasteiger partial charge on any atom is 0.123 e. The summed E-state index contributed by atoms with van der Waals surface area (Å²) in [7, 11) is 1.79.